The molecule has 2 N–H and O–H groups in total. The van der Waals surface area contributed by atoms with Crippen molar-refractivity contribution < 1.29 is 14.3 Å². The van der Waals surface area contributed by atoms with Crippen LogP contribution < -0.4 is 10.2 Å². The molecule has 0 spiro atoms. The van der Waals surface area contributed by atoms with Crippen molar-refractivity contribution in [2.75, 3.05) is 25.5 Å². The van der Waals surface area contributed by atoms with Crippen LogP contribution >= 0.6 is 0 Å². The summed E-state index contributed by atoms with van der Waals surface area (Å²) >= 11 is 0. The molecule has 1 aromatic carbocycles. The quantitative estimate of drug-likeness (QED) is 0.836. The molecule has 1 atom stereocenters. The molecule has 0 aliphatic heterocycles. The minimum atomic E-state index is -0.886. The Hall–Kier alpha value is -1.62. The summed E-state index contributed by atoms with van der Waals surface area (Å²) in [7, 11) is 3.34. The van der Waals surface area contributed by atoms with Crippen LogP contribution in [0.3, 0.4) is 0 Å². The lowest BCUT2D eigenvalue weighted by Crippen LogP contribution is -2.27. The molecule has 0 unspecified atom stereocenters. The molecule has 4 nitrogen and oxygen atoms in total. The fourth-order valence-corrected chi connectivity index (χ4v) is 1.79. The summed E-state index contributed by atoms with van der Waals surface area (Å²) in [5, 5.41) is 12.1. The third-order valence-corrected chi connectivity index (χ3v) is 2.81. The Balaban J connectivity index is 2.88. The number of rotatable bonds is 5. The van der Waals surface area contributed by atoms with Gasteiger partial charge in [0, 0.05) is 38.3 Å². The highest BCUT2D eigenvalue weighted by Gasteiger charge is 2.16. The number of halogens is 1. The molecule has 0 bridgehead atoms. The largest absolute Gasteiger partial charge is 0.389 e. The number of amides is 1. The van der Waals surface area contributed by atoms with Gasteiger partial charge in [-0.25, -0.2) is 4.39 Å². The van der Waals surface area contributed by atoms with E-state index in [9.17, 15) is 14.3 Å². The van der Waals surface area contributed by atoms with Crippen molar-refractivity contribution in [1.29, 1.82) is 0 Å². The fraction of sp³-hybridized carbons (Fsp3) is 0.462. The number of carbonyl (C=O) groups excluding carboxylic acids is 1. The van der Waals surface area contributed by atoms with Crippen molar-refractivity contribution in [3.8, 4) is 0 Å². The Morgan fingerprint density at radius 3 is 2.78 bits per heavy atom. The van der Waals surface area contributed by atoms with E-state index in [-0.39, 0.29) is 11.5 Å². The molecule has 0 saturated heterocycles. The van der Waals surface area contributed by atoms with E-state index >= 15 is 0 Å². The first-order chi connectivity index (χ1) is 8.47. The molecule has 100 valence electrons. The van der Waals surface area contributed by atoms with Crippen LogP contribution in [0.25, 0.3) is 0 Å². The van der Waals surface area contributed by atoms with Gasteiger partial charge in [0.1, 0.15) is 5.82 Å². The predicted molar refractivity (Wildman–Crippen MR) is 69.0 cm³/mol. The number of hydrogen-bond acceptors (Lipinski definition) is 3. The van der Waals surface area contributed by atoms with Crippen molar-refractivity contribution in [3.63, 3.8) is 0 Å². The van der Waals surface area contributed by atoms with Crippen molar-refractivity contribution in [2.24, 2.45) is 0 Å². The maximum absolute atomic E-state index is 13.7. The van der Waals surface area contributed by atoms with Crippen LogP contribution in [0, 0.1) is 5.82 Å². The topological polar surface area (TPSA) is 52.6 Å². The van der Waals surface area contributed by atoms with E-state index in [1.807, 2.05) is 0 Å². The summed E-state index contributed by atoms with van der Waals surface area (Å²) in [6.07, 6.45) is -0.563. The molecule has 1 rings (SSSR count). The van der Waals surface area contributed by atoms with Crippen LogP contribution in [-0.2, 0) is 4.79 Å². The van der Waals surface area contributed by atoms with Gasteiger partial charge in [-0.15, -0.1) is 0 Å². The molecule has 0 saturated carbocycles. The zero-order valence-electron chi connectivity index (χ0n) is 10.9. The first kappa shape index (κ1) is 14.4. The molecule has 18 heavy (non-hydrogen) atoms. The van der Waals surface area contributed by atoms with Crippen LogP contribution in [0.4, 0.5) is 10.1 Å². The van der Waals surface area contributed by atoms with E-state index in [1.54, 1.807) is 31.1 Å². The fourth-order valence-electron chi connectivity index (χ4n) is 1.79. The lowest BCUT2D eigenvalue weighted by Gasteiger charge is -2.23. The first-order valence-electron chi connectivity index (χ1n) is 5.85. The molecule has 0 fully saturated rings. The molecule has 0 heterocycles. The number of nitrogens with one attached hydrogen (secondary N) is 1. The standard InChI is InChI=1S/C13H19FN2O2/c1-9(17)13-10(14)5-4-6-11(13)16(3)8-7-12(18)15-2/h4-6,9,17H,7-8H2,1-3H3,(H,15,18)/t9-/m0/s1. The molecule has 1 aromatic rings. The Morgan fingerprint density at radius 1 is 1.56 bits per heavy atom. The van der Waals surface area contributed by atoms with Crippen LogP contribution in [0.5, 0.6) is 0 Å². The Bertz CT molecular complexity index is 421. The predicted octanol–water partition coefficient (Wildman–Crippen LogP) is 1.45. The van der Waals surface area contributed by atoms with Crippen LogP contribution in [-0.4, -0.2) is 31.7 Å². The second-order valence-corrected chi connectivity index (χ2v) is 4.19. The molecule has 0 aliphatic rings. The number of anilines is 1. The van der Waals surface area contributed by atoms with E-state index in [1.165, 1.54) is 13.0 Å². The highest BCUT2D eigenvalue weighted by molar-refractivity contribution is 5.76. The second-order valence-electron chi connectivity index (χ2n) is 4.19. The Labute approximate surface area is 106 Å². The van der Waals surface area contributed by atoms with Gasteiger partial charge in [-0.3, -0.25) is 4.79 Å². The first-order valence-corrected chi connectivity index (χ1v) is 5.85. The Morgan fingerprint density at radius 2 is 2.22 bits per heavy atom. The number of hydrogen-bond donors (Lipinski definition) is 2. The van der Waals surface area contributed by atoms with Crippen molar-refractivity contribution in [2.45, 2.75) is 19.4 Å². The summed E-state index contributed by atoms with van der Waals surface area (Å²) < 4.78 is 13.7. The molecular formula is C13H19FN2O2. The van der Waals surface area contributed by atoms with Gasteiger partial charge in [-0.2, -0.15) is 0 Å². The average molecular weight is 254 g/mol. The number of benzene rings is 1. The molecular weight excluding hydrogens is 235 g/mol. The van der Waals surface area contributed by atoms with Crippen molar-refractivity contribution >= 4 is 11.6 Å². The summed E-state index contributed by atoms with van der Waals surface area (Å²) in [6.45, 7) is 1.98. The summed E-state index contributed by atoms with van der Waals surface area (Å²) in [5.41, 5.74) is 0.866. The number of carbonyl (C=O) groups is 1. The van der Waals surface area contributed by atoms with Crippen LogP contribution in [0.15, 0.2) is 18.2 Å². The molecule has 0 aliphatic carbocycles. The van der Waals surface area contributed by atoms with Gasteiger partial charge in [0.15, 0.2) is 0 Å². The zero-order valence-corrected chi connectivity index (χ0v) is 10.9. The highest BCUT2D eigenvalue weighted by atomic mass is 19.1. The minimum absolute atomic E-state index is 0.0724. The van der Waals surface area contributed by atoms with Crippen molar-refractivity contribution in [3.05, 3.63) is 29.6 Å². The van der Waals surface area contributed by atoms with Gasteiger partial charge in [0.25, 0.3) is 0 Å². The van der Waals surface area contributed by atoms with Gasteiger partial charge < -0.3 is 15.3 Å². The maximum Gasteiger partial charge on any atom is 0.221 e. The monoisotopic (exact) mass is 254 g/mol. The third-order valence-electron chi connectivity index (χ3n) is 2.81. The third kappa shape index (κ3) is 3.43. The van der Waals surface area contributed by atoms with Gasteiger partial charge in [-0.1, -0.05) is 6.07 Å². The number of nitrogens with zero attached hydrogens (tertiary/aromatic N) is 1. The summed E-state index contributed by atoms with van der Waals surface area (Å²) in [4.78, 5) is 12.9. The second kappa shape index (κ2) is 6.35. The Kier molecular flexibility index (Phi) is 5.09. The highest BCUT2D eigenvalue weighted by Crippen LogP contribution is 2.28. The summed E-state index contributed by atoms with van der Waals surface area (Å²) in [5.74, 6) is -0.508. The summed E-state index contributed by atoms with van der Waals surface area (Å²) in [6, 6.07) is 4.64. The normalized spacial score (nSPS) is 12.1. The number of aliphatic hydroxyl groups excluding tert-OH is 1. The lowest BCUT2D eigenvalue weighted by molar-refractivity contribution is -0.120. The molecule has 5 heteroatoms. The molecule has 1 amide bonds. The average Bonchev–Trinajstić information content (AvgIpc) is 2.34. The van der Waals surface area contributed by atoms with Gasteiger partial charge in [0.2, 0.25) is 5.91 Å². The molecule has 0 aromatic heterocycles. The maximum atomic E-state index is 13.7. The van der Waals surface area contributed by atoms with Crippen LogP contribution in [0.1, 0.15) is 25.0 Å². The minimum Gasteiger partial charge on any atom is -0.389 e. The SMILES string of the molecule is CNC(=O)CCN(C)c1cccc(F)c1[C@H](C)O. The van der Waals surface area contributed by atoms with Crippen LogP contribution in [0.2, 0.25) is 0 Å². The zero-order chi connectivity index (χ0) is 13.7. The van der Waals surface area contributed by atoms with E-state index in [2.05, 4.69) is 5.32 Å². The van der Waals surface area contributed by atoms with E-state index < -0.39 is 11.9 Å². The van der Waals surface area contributed by atoms with E-state index in [0.29, 0.717) is 18.7 Å². The number of aliphatic hydroxyl groups is 1. The van der Waals surface area contributed by atoms with Gasteiger partial charge in [0.05, 0.1) is 6.10 Å². The van der Waals surface area contributed by atoms with Gasteiger partial charge >= 0.3 is 0 Å². The van der Waals surface area contributed by atoms with Crippen molar-refractivity contribution in [1.82, 2.24) is 5.32 Å². The lowest BCUT2D eigenvalue weighted by atomic mass is 10.1. The smallest absolute Gasteiger partial charge is 0.221 e. The van der Waals surface area contributed by atoms with Gasteiger partial charge in [-0.05, 0) is 19.1 Å². The van der Waals surface area contributed by atoms with E-state index in [0.717, 1.165) is 0 Å². The molecule has 0 radical (unpaired) electrons. The van der Waals surface area contributed by atoms with E-state index in [4.69, 9.17) is 0 Å².